The van der Waals surface area contributed by atoms with Gasteiger partial charge in [-0.2, -0.15) is 13.2 Å². The standard InChI is InChI=1S/C32H37F3N6O2/c33-32(34,35)27-3-1-4-28(39-27)40-17-10-24(11-18-40)30(42)41-16-9-23(21-41)19-22-7-12-31(43,13-8-22)26-6-5-25(20-38-26)29-36-14-2-15-37-29/h1-6,14-15,20,22-24,43H,7-13,16-19,21H2. The van der Waals surface area contributed by atoms with E-state index in [1.54, 1.807) is 30.7 Å². The van der Waals surface area contributed by atoms with Crippen LogP contribution in [0.25, 0.3) is 11.4 Å². The molecular formula is C32H37F3N6O2. The van der Waals surface area contributed by atoms with Crippen molar-refractivity contribution in [3.8, 4) is 11.4 Å². The van der Waals surface area contributed by atoms with E-state index >= 15 is 0 Å². The molecule has 3 aromatic heterocycles. The summed E-state index contributed by atoms with van der Waals surface area (Å²) in [5, 5.41) is 11.4. The van der Waals surface area contributed by atoms with E-state index in [-0.39, 0.29) is 11.8 Å². The number of anilines is 1. The predicted octanol–water partition coefficient (Wildman–Crippen LogP) is 5.49. The molecule has 6 rings (SSSR count). The Balaban J connectivity index is 0.955. The lowest BCUT2D eigenvalue weighted by molar-refractivity contribution is -0.141. The first-order valence-corrected chi connectivity index (χ1v) is 15.2. The number of aliphatic hydroxyl groups is 1. The number of carbonyl (C=O) groups excluding carboxylic acids is 1. The van der Waals surface area contributed by atoms with Gasteiger partial charge in [0.2, 0.25) is 5.91 Å². The first-order valence-electron chi connectivity index (χ1n) is 15.2. The van der Waals surface area contributed by atoms with E-state index in [0.29, 0.717) is 67.9 Å². The van der Waals surface area contributed by atoms with Crippen molar-refractivity contribution in [3.05, 3.63) is 66.4 Å². The maximum absolute atomic E-state index is 13.3. The van der Waals surface area contributed by atoms with E-state index in [2.05, 4.69) is 19.9 Å². The molecule has 0 spiro atoms. The number of alkyl halides is 3. The molecule has 3 fully saturated rings. The highest BCUT2D eigenvalue weighted by atomic mass is 19.4. The van der Waals surface area contributed by atoms with Crippen LogP contribution in [0.4, 0.5) is 19.0 Å². The molecule has 3 aliphatic rings. The zero-order chi connectivity index (χ0) is 30.0. The monoisotopic (exact) mass is 594 g/mol. The average Bonchev–Trinajstić information content (AvgIpc) is 3.51. The Kier molecular flexibility index (Phi) is 8.35. The van der Waals surface area contributed by atoms with E-state index < -0.39 is 17.5 Å². The molecule has 0 radical (unpaired) electrons. The fourth-order valence-electron chi connectivity index (χ4n) is 6.96. The molecule has 1 saturated carbocycles. The van der Waals surface area contributed by atoms with Crippen LogP contribution >= 0.6 is 0 Å². The van der Waals surface area contributed by atoms with E-state index in [9.17, 15) is 23.1 Å². The zero-order valence-corrected chi connectivity index (χ0v) is 24.1. The lowest BCUT2D eigenvalue weighted by Crippen LogP contribution is -2.42. The van der Waals surface area contributed by atoms with Gasteiger partial charge in [0.05, 0.1) is 5.69 Å². The van der Waals surface area contributed by atoms with Crippen molar-refractivity contribution in [1.29, 1.82) is 0 Å². The second-order valence-corrected chi connectivity index (χ2v) is 12.3. The summed E-state index contributed by atoms with van der Waals surface area (Å²) in [6, 6.07) is 9.53. The molecule has 1 N–H and O–H groups in total. The van der Waals surface area contributed by atoms with Crippen LogP contribution in [0.2, 0.25) is 0 Å². The Morgan fingerprint density at radius 3 is 2.33 bits per heavy atom. The van der Waals surface area contributed by atoms with Crippen LogP contribution in [0.1, 0.15) is 62.8 Å². The topological polar surface area (TPSA) is 95.3 Å². The number of likely N-dealkylation sites (tertiary alicyclic amines) is 1. The third-order valence-electron chi connectivity index (χ3n) is 9.45. The van der Waals surface area contributed by atoms with Crippen molar-refractivity contribution >= 4 is 11.7 Å². The number of piperidine rings is 1. The second-order valence-electron chi connectivity index (χ2n) is 12.3. The van der Waals surface area contributed by atoms with Crippen molar-refractivity contribution in [2.24, 2.45) is 17.8 Å². The Morgan fingerprint density at radius 1 is 0.907 bits per heavy atom. The molecule has 1 atom stereocenters. The van der Waals surface area contributed by atoms with Crippen molar-refractivity contribution in [3.63, 3.8) is 0 Å². The Hall–Kier alpha value is -3.60. The number of hydrogen-bond donors (Lipinski definition) is 1. The molecule has 228 valence electrons. The van der Waals surface area contributed by atoms with Gasteiger partial charge in [0.1, 0.15) is 17.1 Å². The quantitative estimate of drug-likeness (QED) is 0.404. The van der Waals surface area contributed by atoms with E-state index in [1.807, 2.05) is 21.9 Å². The number of hydrogen-bond acceptors (Lipinski definition) is 7. The van der Waals surface area contributed by atoms with Gasteiger partial charge in [-0.05, 0) is 93.5 Å². The molecule has 5 heterocycles. The minimum absolute atomic E-state index is 0.0992. The summed E-state index contributed by atoms with van der Waals surface area (Å²) >= 11 is 0. The number of rotatable bonds is 6. The van der Waals surface area contributed by atoms with Crippen LogP contribution in [-0.4, -0.2) is 62.0 Å². The Morgan fingerprint density at radius 2 is 1.65 bits per heavy atom. The third-order valence-corrected chi connectivity index (χ3v) is 9.45. The Bertz CT molecular complexity index is 1390. The molecule has 0 aromatic carbocycles. The molecule has 43 heavy (non-hydrogen) atoms. The van der Waals surface area contributed by atoms with Gasteiger partial charge in [-0.3, -0.25) is 9.78 Å². The van der Waals surface area contributed by atoms with Crippen LogP contribution in [-0.2, 0) is 16.6 Å². The molecule has 0 bridgehead atoms. The van der Waals surface area contributed by atoms with Crippen LogP contribution in [0.5, 0.6) is 0 Å². The molecule has 1 aliphatic carbocycles. The molecule has 11 heteroatoms. The lowest BCUT2D eigenvalue weighted by atomic mass is 9.74. The van der Waals surface area contributed by atoms with Gasteiger partial charge in [-0.25, -0.2) is 15.0 Å². The molecule has 1 amide bonds. The summed E-state index contributed by atoms with van der Waals surface area (Å²) in [5.74, 6) is 1.97. The highest BCUT2D eigenvalue weighted by Crippen LogP contribution is 2.42. The molecular weight excluding hydrogens is 557 g/mol. The van der Waals surface area contributed by atoms with Gasteiger partial charge >= 0.3 is 6.18 Å². The van der Waals surface area contributed by atoms with Crippen molar-refractivity contribution in [2.75, 3.05) is 31.1 Å². The fourth-order valence-corrected chi connectivity index (χ4v) is 6.96. The molecule has 2 saturated heterocycles. The average molecular weight is 595 g/mol. The highest BCUT2D eigenvalue weighted by molar-refractivity contribution is 5.79. The first kappa shape index (κ1) is 29.5. The predicted molar refractivity (Wildman–Crippen MR) is 155 cm³/mol. The number of amides is 1. The summed E-state index contributed by atoms with van der Waals surface area (Å²) in [6.07, 6.45) is 7.10. The zero-order valence-electron chi connectivity index (χ0n) is 24.1. The summed E-state index contributed by atoms with van der Waals surface area (Å²) < 4.78 is 39.2. The van der Waals surface area contributed by atoms with Crippen LogP contribution < -0.4 is 4.90 Å². The number of pyridine rings is 2. The van der Waals surface area contributed by atoms with Gasteiger partial charge in [-0.1, -0.05) is 6.07 Å². The molecule has 2 aliphatic heterocycles. The van der Waals surface area contributed by atoms with Gasteiger partial charge in [0, 0.05) is 56.3 Å². The van der Waals surface area contributed by atoms with E-state index in [0.717, 1.165) is 50.4 Å². The molecule has 1 unspecified atom stereocenters. The number of nitrogens with zero attached hydrogens (tertiary/aromatic N) is 6. The Labute approximate surface area is 249 Å². The van der Waals surface area contributed by atoms with E-state index in [4.69, 9.17) is 0 Å². The smallest absolute Gasteiger partial charge is 0.384 e. The lowest BCUT2D eigenvalue weighted by Gasteiger charge is -2.36. The first-order chi connectivity index (χ1) is 20.7. The number of halogens is 3. The summed E-state index contributed by atoms with van der Waals surface area (Å²) in [6.45, 7) is 2.56. The van der Waals surface area contributed by atoms with Crippen molar-refractivity contribution in [1.82, 2.24) is 24.8 Å². The van der Waals surface area contributed by atoms with Crippen LogP contribution in [0, 0.1) is 17.8 Å². The summed E-state index contributed by atoms with van der Waals surface area (Å²) in [5.41, 5.74) is -0.306. The largest absolute Gasteiger partial charge is 0.433 e. The third kappa shape index (κ3) is 6.66. The summed E-state index contributed by atoms with van der Waals surface area (Å²) in [4.78, 5) is 34.0. The van der Waals surface area contributed by atoms with Gasteiger partial charge in [0.15, 0.2) is 5.82 Å². The van der Waals surface area contributed by atoms with Gasteiger partial charge < -0.3 is 14.9 Å². The van der Waals surface area contributed by atoms with Crippen LogP contribution in [0.15, 0.2) is 55.0 Å². The van der Waals surface area contributed by atoms with Crippen LogP contribution in [0.3, 0.4) is 0 Å². The van der Waals surface area contributed by atoms with Crippen molar-refractivity contribution < 1.29 is 23.1 Å². The van der Waals surface area contributed by atoms with Gasteiger partial charge in [0.25, 0.3) is 0 Å². The maximum atomic E-state index is 13.3. The summed E-state index contributed by atoms with van der Waals surface area (Å²) in [7, 11) is 0. The normalized spacial score (nSPS) is 25.2. The highest BCUT2D eigenvalue weighted by Gasteiger charge is 2.39. The number of carbonyl (C=O) groups is 1. The SMILES string of the molecule is O=C(C1CCN(c2cccc(C(F)(F)F)n2)CC1)N1CCC(CC2CCC(O)(c3ccc(-c4ncccn4)cn3)CC2)C1. The van der Waals surface area contributed by atoms with Gasteiger partial charge in [-0.15, -0.1) is 0 Å². The van der Waals surface area contributed by atoms with E-state index in [1.165, 1.54) is 6.07 Å². The minimum Gasteiger partial charge on any atom is -0.384 e. The molecule has 8 nitrogen and oxygen atoms in total. The maximum Gasteiger partial charge on any atom is 0.433 e. The van der Waals surface area contributed by atoms with Crippen molar-refractivity contribution in [2.45, 2.75) is 63.1 Å². The molecule has 3 aromatic rings. The fraction of sp³-hybridized carbons (Fsp3) is 0.531. The second kappa shape index (κ2) is 12.2. The number of aromatic nitrogens is 4. The minimum atomic E-state index is -4.47.